The van der Waals surface area contributed by atoms with Gasteiger partial charge in [0.25, 0.3) is 5.91 Å². The number of anilines is 1. The molecule has 0 radical (unpaired) electrons. The number of nitrogens with two attached hydrogens (primary N) is 1. The summed E-state index contributed by atoms with van der Waals surface area (Å²) in [7, 11) is 0. The van der Waals surface area contributed by atoms with Gasteiger partial charge < -0.3 is 10.6 Å². The summed E-state index contributed by atoms with van der Waals surface area (Å²) < 4.78 is 66.1. The molecule has 2 aromatic carbocycles. The van der Waals surface area contributed by atoms with Gasteiger partial charge in [0, 0.05) is 17.0 Å². The number of hydrogen-bond donors (Lipinski definition) is 1. The molecular weight excluding hydrogens is 451 g/mol. The molecule has 0 aliphatic carbocycles. The van der Waals surface area contributed by atoms with Crippen LogP contribution in [-0.2, 0) is 5.92 Å². The van der Waals surface area contributed by atoms with Crippen molar-refractivity contribution in [3.05, 3.63) is 64.7 Å². The van der Waals surface area contributed by atoms with Gasteiger partial charge in [-0.25, -0.2) is 0 Å². The fourth-order valence-electron chi connectivity index (χ4n) is 3.40. The molecule has 10 heteroatoms. The molecule has 0 heterocycles. The Bertz CT molecular complexity index is 1020. The number of benzene rings is 2. The van der Waals surface area contributed by atoms with Gasteiger partial charge in [-0.2, -0.15) is 33.7 Å². The number of aryl methyl sites for hydroxylation is 1. The number of rotatable bonds is 7. The quantitative estimate of drug-likeness (QED) is 0.537. The Morgan fingerprint density at radius 1 is 1.00 bits per heavy atom. The van der Waals surface area contributed by atoms with Crippen LogP contribution in [0.1, 0.15) is 45.7 Å². The van der Waals surface area contributed by atoms with Crippen molar-refractivity contribution in [3.8, 4) is 0 Å². The SMILES string of the molecule is CSCC(C)(C)N(C(=O)c1ccccc1C(N)=O)c1ccc(C(F)(F)C(F)(F)F)cc1C. The topological polar surface area (TPSA) is 63.4 Å². The van der Waals surface area contributed by atoms with E-state index in [4.69, 9.17) is 5.73 Å². The maximum absolute atomic E-state index is 13.8. The lowest BCUT2D eigenvalue weighted by atomic mass is 9.96. The van der Waals surface area contributed by atoms with Gasteiger partial charge in [0.1, 0.15) is 0 Å². The molecule has 4 nitrogen and oxygen atoms in total. The number of primary amides is 1. The molecule has 0 aromatic heterocycles. The number of halogens is 5. The monoisotopic (exact) mass is 474 g/mol. The minimum atomic E-state index is -5.75. The largest absolute Gasteiger partial charge is 0.458 e. The predicted octanol–water partition coefficient (Wildman–Crippen LogP) is 5.54. The maximum Gasteiger partial charge on any atom is 0.458 e. The first-order chi connectivity index (χ1) is 14.6. The molecule has 0 saturated heterocycles. The van der Waals surface area contributed by atoms with Crippen LogP contribution >= 0.6 is 11.8 Å². The molecule has 0 saturated carbocycles. The van der Waals surface area contributed by atoms with Gasteiger partial charge in [0.2, 0.25) is 5.91 Å². The zero-order valence-corrected chi connectivity index (χ0v) is 18.7. The van der Waals surface area contributed by atoms with E-state index in [1.54, 1.807) is 19.9 Å². The van der Waals surface area contributed by atoms with E-state index in [9.17, 15) is 31.5 Å². The molecule has 2 rings (SSSR count). The third-order valence-corrected chi connectivity index (χ3v) is 5.88. The number of alkyl halides is 5. The number of carbonyl (C=O) groups is 2. The molecule has 174 valence electrons. The van der Waals surface area contributed by atoms with Crippen LogP contribution in [0.15, 0.2) is 42.5 Å². The smallest absolute Gasteiger partial charge is 0.366 e. The normalized spacial score (nSPS) is 12.5. The van der Waals surface area contributed by atoms with E-state index in [1.165, 1.54) is 41.8 Å². The average molecular weight is 474 g/mol. The fraction of sp³-hybridized carbons (Fsp3) is 0.364. The van der Waals surface area contributed by atoms with Gasteiger partial charge in [0.15, 0.2) is 0 Å². The molecule has 0 aliphatic heterocycles. The van der Waals surface area contributed by atoms with Gasteiger partial charge in [-0.05, 0) is 56.9 Å². The highest BCUT2D eigenvalue weighted by molar-refractivity contribution is 7.98. The Hall–Kier alpha value is -2.62. The van der Waals surface area contributed by atoms with Gasteiger partial charge >= 0.3 is 12.1 Å². The first-order valence-electron chi connectivity index (χ1n) is 9.43. The van der Waals surface area contributed by atoms with E-state index in [2.05, 4.69) is 0 Å². The van der Waals surface area contributed by atoms with Crippen molar-refractivity contribution < 1.29 is 31.5 Å². The zero-order chi connectivity index (χ0) is 24.5. The van der Waals surface area contributed by atoms with E-state index >= 15 is 0 Å². The lowest BCUT2D eigenvalue weighted by Gasteiger charge is -2.39. The van der Waals surface area contributed by atoms with Gasteiger partial charge in [-0.3, -0.25) is 9.59 Å². The second kappa shape index (κ2) is 9.09. The Morgan fingerprint density at radius 3 is 2.03 bits per heavy atom. The molecule has 32 heavy (non-hydrogen) atoms. The number of carbonyl (C=O) groups excluding carboxylic acids is 2. The summed E-state index contributed by atoms with van der Waals surface area (Å²) in [5.74, 6) is -6.08. The lowest BCUT2D eigenvalue weighted by molar-refractivity contribution is -0.289. The number of thioether (sulfide) groups is 1. The molecular formula is C22H23F5N2O2S. The van der Waals surface area contributed by atoms with Crippen molar-refractivity contribution in [3.63, 3.8) is 0 Å². The van der Waals surface area contributed by atoms with Crippen molar-refractivity contribution in [2.24, 2.45) is 5.73 Å². The third kappa shape index (κ3) is 4.90. The Balaban J connectivity index is 2.69. The number of nitrogens with zero attached hydrogens (tertiary/aromatic N) is 1. The molecule has 0 fully saturated rings. The third-order valence-electron chi connectivity index (χ3n) is 4.89. The molecule has 0 bridgehead atoms. The highest BCUT2D eigenvalue weighted by atomic mass is 32.2. The van der Waals surface area contributed by atoms with Crippen LogP contribution in [0.2, 0.25) is 0 Å². The minimum Gasteiger partial charge on any atom is -0.366 e. The first kappa shape index (κ1) is 25.6. The van der Waals surface area contributed by atoms with Crippen molar-refractivity contribution >= 4 is 29.3 Å². The summed E-state index contributed by atoms with van der Waals surface area (Å²) in [6.07, 6.45) is -3.95. The van der Waals surface area contributed by atoms with Crippen LogP contribution in [0.4, 0.5) is 27.6 Å². The van der Waals surface area contributed by atoms with Gasteiger partial charge in [0.05, 0.1) is 16.7 Å². The second-order valence-corrected chi connectivity index (χ2v) is 8.74. The summed E-state index contributed by atoms with van der Waals surface area (Å²) in [4.78, 5) is 26.7. The fourth-order valence-corrected chi connectivity index (χ4v) is 4.23. The van der Waals surface area contributed by atoms with E-state index in [-0.39, 0.29) is 22.4 Å². The average Bonchev–Trinajstić information content (AvgIpc) is 2.68. The molecule has 0 spiro atoms. The standard InChI is InChI=1S/C22H23F5N2O2S/c1-13-11-14(21(23,24)22(25,26)27)9-10-17(13)29(20(2,3)12-32-4)19(31)16-8-6-5-7-15(16)18(28)30/h5-11H,12H2,1-4H3,(H2,28,30). The first-order valence-corrected chi connectivity index (χ1v) is 10.8. The molecule has 2 amide bonds. The zero-order valence-electron chi connectivity index (χ0n) is 17.9. The van der Waals surface area contributed by atoms with E-state index in [0.717, 1.165) is 12.1 Å². The van der Waals surface area contributed by atoms with Crippen LogP contribution in [0.3, 0.4) is 0 Å². The van der Waals surface area contributed by atoms with Crippen LogP contribution in [0.5, 0.6) is 0 Å². The summed E-state index contributed by atoms with van der Waals surface area (Å²) in [5, 5.41) is 0. The summed E-state index contributed by atoms with van der Waals surface area (Å²) >= 11 is 1.42. The van der Waals surface area contributed by atoms with Crippen molar-refractivity contribution in [2.75, 3.05) is 16.9 Å². The lowest BCUT2D eigenvalue weighted by Crippen LogP contribution is -2.50. The molecule has 0 unspecified atom stereocenters. The predicted molar refractivity (Wildman–Crippen MR) is 115 cm³/mol. The van der Waals surface area contributed by atoms with Crippen molar-refractivity contribution in [1.29, 1.82) is 0 Å². The van der Waals surface area contributed by atoms with Crippen LogP contribution < -0.4 is 10.6 Å². The molecule has 0 aliphatic rings. The summed E-state index contributed by atoms with van der Waals surface area (Å²) in [5.41, 5.74) is 3.45. The number of hydrogen-bond acceptors (Lipinski definition) is 3. The van der Waals surface area contributed by atoms with Crippen LogP contribution in [0.25, 0.3) is 0 Å². The highest BCUT2D eigenvalue weighted by Gasteiger charge is 2.58. The van der Waals surface area contributed by atoms with Crippen LogP contribution in [-0.4, -0.2) is 35.5 Å². The van der Waals surface area contributed by atoms with Gasteiger partial charge in [-0.15, -0.1) is 0 Å². The summed E-state index contributed by atoms with van der Waals surface area (Å²) in [6, 6.07) is 8.31. The molecule has 2 aromatic rings. The summed E-state index contributed by atoms with van der Waals surface area (Å²) in [6.45, 7) is 4.80. The Kier molecular flexibility index (Phi) is 7.28. The van der Waals surface area contributed by atoms with Crippen LogP contribution in [0, 0.1) is 6.92 Å². The Morgan fingerprint density at radius 2 is 1.56 bits per heavy atom. The van der Waals surface area contributed by atoms with Crippen molar-refractivity contribution in [2.45, 2.75) is 38.4 Å². The Labute approximate surface area is 187 Å². The highest BCUT2D eigenvalue weighted by Crippen LogP contribution is 2.45. The molecule has 2 N–H and O–H groups in total. The van der Waals surface area contributed by atoms with E-state index in [0.29, 0.717) is 11.8 Å². The maximum atomic E-state index is 13.8. The van der Waals surface area contributed by atoms with E-state index in [1.807, 2.05) is 6.26 Å². The van der Waals surface area contributed by atoms with Crippen molar-refractivity contribution in [1.82, 2.24) is 0 Å². The van der Waals surface area contributed by atoms with E-state index < -0.39 is 35.0 Å². The second-order valence-electron chi connectivity index (χ2n) is 7.87. The number of amides is 2. The van der Waals surface area contributed by atoms with Gasteiger partial charge in [-0.1, -0.05) is 18.2 Å². The minimum absolute atomic E-state index is 0.00160. The molecule has 0 atom stereocenters.